The van der Waals surface area contributed by atoms with Crippen molar-refractivity contribution in [2.24, 2.45) is 0 Å². The second kappa shape index (κ2) is 9.08. The molecule has 1 unspecified atom stereocenters. The fourth-order valence-electron chi connectivity index (χ4n) is 4.34. The lowest BCUT2D eigenvalue weighted by Gasteiger charge is -2.47. The van der Waals surface area contributed by atoms with Crippen LogP contribution in [-0.4, -0.2) is 57.4 Å². The van der Waals surface area contributed by atoms with Crippen molar-refractivity contribution in [3.63, 3.8) is 0 Å². The van der Waals surface area contributed by atoms with Gasteiger partial charge < -0.3 is 25.3 Å². The molecule has 0 saturated carbocycles. The molecule has 2 fully saturated rings. The number of aromatic amines is 1. The molecule has 0 radical (unpaired) electrons. The highest BCUT2D eigenvalue weighted by Gasteiger charge is 2.52. The van der Waals surface area contributed by atoms with Crippen LogP contribution in [0.2, 0.25) is 0 Å². The zero-order chi connectivity index (χ0) is 24.6. The molecule has 1 aromatic carbocycles. The van der Waals surface area contributed by atoms with E-state index in [1.807, 2.05) is 23.6 Å². The average Bonchev–Trinajstić information content (AvgIpc) is 3.46. The van der Waals surface area contributed by atoms with Crippen LogP contribution in [0.1, 0.15) is 30.1 Å². The van der Waals surface area contributed by atoms with Gasteiger partial charge in [-0.3, -0.25) is 19.2 Å². The van der Waals surface area contributed by atoms with Crippen molar-refractivity contribution in [1.29, 1.82) is 0 Å². The number of benzene rings is 1. The van der Waals surface area contributed by atoms with Crippen LogP contribution in [0.3, 0.4) is 0 Å². The average molecular weight is 494 g/mol. The summed E-state index contributed by atoms with van der Waals surface area (Å²) in [5.41, 5.74) is 1.78. The van der Waals surface area contributed by atoms with Gasteiger partial charge in [0.1, 0.15) is 11.7 Å². The number of pyridine rings is 1. The van der Waals surface area contributed by atoms with Crippen LogP contribution in [0.5, 0.6) is 0 Å². The molecule has 2 aliphatic heterocycles. The van der Waals surface area contributed by atoms with E-state index in [4.69, 9.17) is 4.74 Å². The molecular formula is C24H23N5O5S. The van der Waals surface area contributed by atoms with Crippen molar-refractivity contribution < 1.29 is 19.1 Å². The summed E-state index contributed by atoms with van der Waals surface area (Å²) in [6, 6.07) is 10.1. The summed E-state index contributed by atoms with van der Waals surface area (Å²) in [7, 11) is 0. The fraction of sp³-hybridized carbons (Fsp3) is 0.292. The number of thiazole rings is 1. The first-order valence-electron chi connectivity index (χ1n) is 11.1. The monoisotopic (exact) mass is 493 g/mol. The van der Waals surface area contributed by atoms with Crippen molar-refractivity contribution in [1.82, 2.24) is 14.9 Å². The molecular weight excluding hydrogens is 470 g/mol. The van der Waals surface area contributed by atoms with Crippen LogP contribution < -0.4 is 16.2 Å². The molecule has 11 heteroatoms. The van der Waals surface area contributed by atoms with Crippen molar-refractivity contribution in [2.45, 2.75) is 31.5 Å². The van der Waals surface area contributed by atoms with Crippen LogP contribution in [0, 0.1) is 0 Å². The van der Waals surface area contributed by atoms with Gasteiger partial charge >= 0.3 is 0 Å². The van der Waals surface area contributed by atoms with Crippen LogP contribution in [0.25, 0.3) is 11.3 Å². The Kier molecular flexibility index (Phi) is 5.95. The van der Waals surface area contributed by atoms with Crippen molar-refractivity contribution in [3.8, 4) is 11.3 Å². The molecule has 5 rings (SSSR count). The lowest BCUT2D eigenvalue weighted by Crippen LogP contribution is -2.63. The third kappa shape index (κ3) is 4.86. The Hall–Kier alpha value is -3.83. The largest absolute Gasteiger partial charge is 0.358 e. The van der Waals surface area contributed by atoms with Gasteiger partial charge in [-0.1, -0.05) is 12.1 Å². The maximum Gasteiger partial charge on any atom is 0.255 e. The maximum absolute atomic E-state index is 12.9. The second-order valence-corrected chi connectivity index (χ2v) is 9.58. The number of hydrogen-bond donors (Lipinski definition) is 3. The van der Waals surface area contributed by atoms with Gasteiger partial charge in [0.25, 0.3) is 11.8 Å². The lowest BCUT2D eigenvalue weighted by molar-refractivity contribution is -0.146. The van der Waals surface area contributed by atoms with E-state index in [1.165, 1.54) is 36.6 Å². The zero-order valence-corrected chi connectivity index (χ0v) is 19.7. The van der Waals surface area contributed by atoms with E-state index >= 15 is 0 Å². The van der Waals surface area contributed by atoms with Crippen LogP contribution in [0.4, 0.5) is 10.8 Å². The van der Waals surface area contributed by atoms with Crippen molar-refractivity contribution in [2.75, 3.05) is 23.7 Å². The van der Waals surface area contributed by atoms with Gasteiger partial charge in [0.15, 0.2) is 5.13 Å². The van der Waals surface area contributed by atoms with E-state index < -0.39 is 11.7 Å². The number of ether oxygens (including phenoxy) is 1. The van der Waals surface area contributed by atoms with Gasteiger partial charge in [0.05, 0.1) is 24.3 Å². The van der Waals surface area contributed by atoms with Crippen molar-refractivity contribution >= 4 is 39.9 Å². The number of carbonyl (C=O) groups is 3. The fourth-order valence-corrected chi connectivity index (χ4v) is 5.11. The predicted octanol–water partition coefficient (Wildman–Crippen LogP) is 2.47. The number of hydrogen-bond acceptors (Lipinski definition) is 7. The Morgan fingerprint density at radius 3 is 2.77 bits per heavy atom. The Morgan fingerprint density at radius 1 is 1.20 bits per heavy atom. The summed E-state index contributed by atoms with van der Waals surface area (Å²) in [6.45, 7) is 2.24. The smallest absolute Gasteiger partial charge is 0.255 e. The highest BCUT2D eigenvalue weighted by molar-refractivity contribution is 7.14. The van der Waals surface area contributed by atoms with E-state index in [2.05, 4.69) is 20.6 Å². The molecule has 10 nitrogen and oxygen atoms in total. The molecule has 2 aromatic heterocycles. The maximum atomic E-state index is 12.9. The molecule has 3 N–H and O–H groups in total. The summed E-state index contributed by atoms with van der Waals surface area (Å²) >= 11 is 1.33. The zero-order valence-electron chi connectivity index (χ0n) is 18.9. The molecule has 35 heavy (non-hydrogen) atoms. The van der Waals surface area contributed by atoms with E-state index in [-0.39, 0.29) is 23.3 Å². The number of likely N-dealkylation sites (tertiary alicyclic amines) is 1. The van der Waals surface area contributed by atoms with Gasteiger partial charge in [0.2, 0.25) is 11.5 Å². The van der Waals surface area contributed by atoms with Crippen LogP contribution in [-0.2, 0) is 14.3 Å². The molecule has 4 heterocycles. The molecule has 0 aliphatic carbocycles. The van der Waals surface area contributed by atoms with Gasteiger partial charge in [-0.2, -0.15) is 0 Å². The molecule has 2 aliphatic rings. The van der Waals surface area contributed by atoms with Gasteiger partial charge in [-0.15, -0.1) is 11.3 Å². The minimum atomic E-state index is -0.602. The third-order valence-electron chi connectivity index (χ3n) is 6.04. The van der Waals surface area contributed by atoms with Gasteiger partial charge in [0, 0.05) is 35.8 Å². The van der Waals surface area contributed by atoms with Crippen LogP contribution in [0.15, 0.2) is 52.8 Å². The number of H-pyrrole nitrogens is 1. The first-order valence-corrected chi connectivity index (χ1v) is 12.0. The highest BCUT2D eigenvalue weighted by Crippen LogP contribution is 2.39. The Morgan fingerprint density at radius 2 is 2.03 bits per heavy atom. The van der Waals surface area contributed by atoms with E-state index in [0.29, 0.717) is 48.0 Å². The van der Waals surface area contributed by atoms with E-state index in [0.717, 1.165) is 5.56 Å². The summed E-state index contributed by atoms with van der Waals surface area (Å²) in [6.07, 6.45) is 2.06. The number of rotatable bonds is 5. The lowest BCUT2D eigenvalue weighted by atomic mass is 9.90. The molecule has 3 aromatic rings. The minimum Gasteiger partial charge on any atom is -0.358 e. The van der Waals surface area contributed by atoms with Gasteiger partial charge in [-0.05, 0) is 31.0 Å². The molecule has 2 saturated heterocycles. The third-order valence-corrected chi connectivity index (χ3v) is 6.79. The highest BCUT2D eigenvalue weighted by atomic mass is 32.1. The SMILES string of the molecule is CC(=O)Nc1nc(-c2cccc(NC(=O)C3CCC4(CN(C(=O)c5ccc(=O)[nH]c5)C4)O3)c2)cs1. The first-order chi connectivity index (χ1) is 16.8. The molecule has 1 atom stereocenters. The molecule has 3 amide bonds. The second-order valence-electron chi connectivity index (χ2n) is 8.72. The number of aromatic nitrogens is 2. The number of nitrogens with one attached hydrogen (secondary N) is 3. The Bertz CT molecular complexity index is 1340. The number of carbonyl (C=O) groups excluding carboxylic acids is 3. The number of anilines is 2. The predicted molar refractivity (Wildman–Crippen MR) is 130 cm³/mol. The Labute approximate surface area is 204 Å². The summed E-state index contributed by atoms with van der Waals surface area (Å²) in [4.78, 5) is 56.4. The number of amides is 3. The summed E-state index contributed by atoms with van der Waals surface area (Å²) in [5, 5.41) is 7.93. The van der Waals surface area contributed by atoms with Crippen molar-refractivity contribution in [3.05, 3.63) is 63.9 Å². The van der Waals surface area contributed by atoms with E-state index in [1.54, 1.807) is 11.0 Å². The normalized spacial score (nSPS) is 18.2. The molecule has 1 spiro atoms. The Balaban J connectivity index is 1.17. The molecule has 180 valence electrons. The van der Waals surface area contributed by atoms with Crippen LogP contribution >= 0.6 is 11.3 Å². The number of nitrogens with zero attached hydrogens (tertiary/aromatic N) is 2. The summed E-state index contributed by atoms with van der Waals surface area (Å²) < 4.78 is 6.09. The summed E-state index contributed by atoms with van der Waals surface area (Å²) in [5.74, 6) is -0.595. The topological polar surface area (TPSA) is 133 Å². The first kappa shape index (κ1) is 22.9. The standard InChI is InChI=1S/C24H23N5O5S/c1-14(30)26-23-28-18(11-35-23)15-3-2-4-17(9-15)27-21(32)19-7-8-24(34-19)12-29(13-24)22(33)16-5-6-20(31)25-10-16/h2-6,9-11,19H,7-8,12-13H2,1H3,(H,25,31)(H,27,32)(H,26,28,30). The van der Waals surface area contributed by atoms with Gasteiger partial charge in [-0.25, -0.2) is 4.98 Å². The molecule has 0 bridgehead atoms. The minimum absolute atomic E-state index is 0.177. The van der Waals surface area contributed by atoms with E-state index in [9.17, 15) is 19.2 Å². The quantitative estimate of drug-likeness (QED) is 0.500.